The molecule has 1 saturated heterocycles. The Kier molecular flexibility index (Phi) is 12.0. The summed E-state index contributed by atoms with van der Waals surface area (Å²) in [5.41, 5.74) is 6.04. The molecule has 0 saturated carbocycles. The average Bonchev–Trinajstić information content (AvgIpc) is 3.34. The lowest BCUT2D eigenvalue weighted by molar-refractivity contribution is -0.306. The number of aliphatic carboxylic acids is 1. The molecule has 1 aliphatic heterocycles. The van der Waals surface area contributed by atoms with Crippen molar-refractivity contribution in [2.24, 2.45) is 0 Å². The number of carbonyl (C=O) groups is 1. The molecule has 0 radical (unpaired) electrons. The van der Waals surface area contributed by atoms with Gasteiger partial charge in [0.05, 0.1) is 6.10 Å². The molecule has 4 N–H and O–H groups in total. The lowest BCUT2D eigenvalue weighted by atomic mass is 9.94. The topological polar surface area (TPSA) is 120 Å². The SMILES string of the molecule is CCCCN(CCCC)C[C@@H](O[C@@H]1O[C@H](C(=O)O)[C@@H](O)[C@H](O)[C@H]1O)c1cc(Cl)cc2c1-c1ccc(Cl)cc1/C2=C/c1ccc(Cl)cc1. The lowest BCUT2D eigenvalue weighted by Gasteiger charge is -2.40. The summed E-state index contributed by atoms with van der Waals surface area (Å²) in [5, 5.41) is 43.2. The number of ether oxygens (including phenoxy) is 2. The minimum atomic E-state index is -1.83. The Morgan fingerprint density at radius 2 is 1.49 bits per heavy atom. The number of rotatable bonds is 13. The average molecular weight is 705 g/mol. The van der Waals surface area contributed by atoms with Gasteiger partial charge < -0.3 is 34.8 Å². The predicted molar refractivity (Wildman–Crippen MR) is 185 cm³/mol. The molecule has 3 aromatic carbocycles. The first kappa shape index (κ1) is 35.8. The number of hydrogen-bond acceptors (Lipinski definition) is 7. The van der Waals surface area contributed by atoms with E-state index in [2.05, 4.69) is 18.7 Å². The third-order valence-corrected chi connectivity index (χ3v) is 9.39. The van der Waals surface area contributed by atoms with Gasteiger partial charge in [0.2, 0.25) is 0 Å². The Labute approximate surface area is 290 Å². The zero-order valence-electron chi connectivity index (χ0n) is 26.3. The van der Waals surface area contributed by atoms with E-state index in [9.17, 15) is 25.2 Å². The molecule has 8 nitrogen and oxygen atoms in total. The highest BCUT2D eigenvalue weighted by Gasteiger charge is 2.48. The van der Waals surface area contributed by atoms with E-state index in [0.29, 0.717) is 27.2 Å². The van der Waals surface area contributed by atoms with Crippen LogP contribution in [0.25, 0.3) is 22.8 Å². The van der Waals surface area contributed by atoms with Crippen LogP contribution in [0.2, 0.25) is 15.1 Å². The lowest BCUT2D eigenvalue weighted by Crippen LogP contribution is -2.60. The molecule has 0 bridgehead atoms. The van der Waals surface area contributed by atoms with Gasteiger partial charge in [-0.2, -0.15) is 0 Å². The molecule has 1 heterocycles. The first-order valence-electron chi connectivity index (χ1n) is 15.9. The number of carboxylic acid groups (broad SMARTS) is 1. The fourth-order valence-electron chi connectivity index (χ4n) is 6.21. The minimum Gasteiger partial charge on any atom is -0.479 e. The van der Waals surface area contributed by atoms with E-state index in [1.54, 1.807) is 0 Å². The van der Waals surface area contributed by atoms with Crippen molar-refractivity contribution < 1.29 is 34.7 Å². The molecule has 11 heteroatoms. The van der Waals surface area contributed by atoms with E-state index in [0.717, 1.165) is 72.2 Å². The second kappa shape index (κ2) is 15.8. The Morgan fingerprint density at radius 3 is 2.13 bits per heavy atom. The van der Waals surface area contributed by atoms with Crippen molar-refractivity contribution in [3.8, 4) is 11.1 Å². The molecule has 47 heavy (non-hydrogen) atoms. The van der Waals surface area contributed by atoms with Gasteiger partial charge >= 0.3 is 5.97 Å². The highest BCUT2D eigenvalue weighted by molar-refractivity contribution is 6.32. The number of hydrogen-bond donors (Lipinski definition) is 4. The van der Waals surface area contributed by atoms with Crippen molar-refractivity contribution in [2.45, 2.75) is 76.3 Å². The van der Waals surface area contributed by atoms with Gasteiger partial charge in [0.25, 0.3) is 0 Å². The van der Waals surface area contributed by atoms with Gasteiger partial charge in [0.1, 0.15) is 18.3 Å². The van der Waals surface area contributed by atoms with Crippen LogP contribution in [0.5, 0.6) is 0 Å². The zero-order chi connectivity index (χ0) is 33.8. The molecule has 252 valence electrons. The first-order chi connectivity index (χ1) is 22.5. The molecule has 0 aromatic heterocycles. The molecule has 3 aromatic rings. The van der Waals surface area contributed by atoms with E-state index < -0.39 is 42.8 Å². The van der Waals surface area contributed by atoms with Gasteiger partial charge in [0, 0.05) is 21.6 Å². The second-order valence-electron chi connectivity index (χ2n) is 12.1. The van der Waals surface area contributed by atoms with Crippen molar-refractivity contribution in [3.05, 3.63) is 91.9 Å². The van der Waals surface area contributed by atoms with Gasteiger partial charge in [-0.1, -0.05) is 79.7 Å². The quantitative estimate of drug-likeness (QED) is 0.117. The Balaban J connectivity index is 1.66. The monoisotopic (exact) mass is 703 g/mol. The first-order valence-corrected chi connectivity index (χ1v) is 17.1. The third-order valence-electron chi connectivity index (χ3n) is 8.68. The van der Waals surface area contributed by atoms with E-state index in [4.69, 9.17) is 44.3 Å². The standard InChI is InChI=1S/C36H40Cl3NO7/c1-3-5-13-40(14-6-4-2)19-29(46-36-33(43)31(41)32(42)34(47-36)35(44)45)28-18-23(39)17-27-25(15-20-7-9-21(37)10-8-20)26-16-22(38)11-12-24(26)30(27)28/h7-12,15-18,29,31-34,36,41-43H,3-6,13-14,19H2,1-2H3,(H,44,45)/b25-15-/t29-,31+,32+,33-,34+,36-/m1/s1. The highest BCUT2D eigenvalue weighted by Crippen LogP contribution is 2.50. The summed E-state index contributed by atoms with van der Waals surface area (Å²) in [4.78, 5) is 14.2. The van der Waals surface area contributed by atoms with Crippen molar-refractivity contribution in [3.63, 3.8) is 0 Å². The number of fused-ring (bicyclic) bond motifs is 3. The number of aliphatic hydroxyl groups is 3. The van der Waals surface area contributed by atoms with Crippen LogP contribution < -0.4 is 0 Å². The van der Waals surface area contributed by atoms with Crippen molar-refractivity contribution in [2.75, 3.05) is 19.6 Å². The van der Waals surface area contributed by atoms with E-state index in [1.165, 1.54) is 0 Å². The summed E-state index contributed by atoms with van der Waals surface area (Å²) in [7, 11) is 0. The van der Waals surface area contributed by atoms with Gasteiger partial charge in [-0.3, -0.25) is 0 Å². The van der Waals surface area contributed by atoms with Gasteiger partial charge in [-0.05, 0) is 107 Å². The van der Waals surface area contributed by atoms with Crippen molar-refractivity contribution >= 4 is 52.4 Å². The molecule has 6 atom stereocenters. The molecule has 1 fully saturated rings. The number of halogens is 3. The van der Waals surface area contributed by atoms with Gasteiger partial charge in [-0.15, -0.1) is 0 Å². The summed E-state index contributed by atoms with van der Waals surface area (Å²) in [6, 6.07) is 16.9. The molecule has 1 aliphatic carbocycles. The highest BCUT2D eigenvalue weighted by atomic mass is 35.5. The fourth-order valence-corrected chi connectivity index (χ4v) is 6.74. The maximum atomic E-state index is 11.9. The summed E-state index contributed by atoms with van der Waals surface area (Å²) in [6.45, 7) is 6.20. The molecular formula is C36H40Cl3NO7. The zero-order valence-corrected chi connectivity index (χ0v) is 28.5. The van der Waals surface area contributed by atoms with Crippen molar-refractivity contribution in [1.82, 2.24) is 4.90 Å². The van der Waals surface area contributed by atoms with Crippen LogP contribution >= 0.6 is 34.8 Å². The van der Waals surface area contributed by atoms with Crippen LogP contribution in [0.1, 0.15) is 67.9 Å². The molecule has 0 unspecified atom stereocenters. The van der Waals surface area contributed by atoms with E-state index in [-0.39, 0.29) is 0 Å². The fraction of sp³-hybridized carbons (Fsp3) is 0.417. The van der Waals surface area contributed by atoms with E-state index >= 15 is 0 Å². The summed E-state index contributed by atoms with van der Waals surface area (Å²) in [6.07, 6.45) is -3.54. The third kappa shape index (κ3) is 8.05. The van der Waals surface area contributed by atoms with E-state index in [1.807, 2.05) is 60.7 Å². The molecule has 5 rings (SSSR count). The van der Waals surface area contributed by atoms with Crippen LogP contribution in [-0.4, -0.2) is 81.6 Å². The number of nitrogens with zero attached hydrogens (tertiary/aromatic N) is 1. The molecule has 0 spiro atoms. The predicted octanol–water partition coefficient (Wildman–Crippen LogP) is 7.07. The summed E-state index contributed by atoms with van der Waals surface area (Å²) >= 11 is 19.5. The summed E-state index contributed by atoms with van der Waals surface area (Å²) in [5.74, 6) is -1.48. The summed E-state index contributed by atoms with van der Waals surface area (Å²) < 4.78 is 12.1. The van der Waals surface area contributed by atoms with Crippen molar-refractivity contribution in [1.29, 1.82) is 0 Å². The van der Waals surface area contributed by atoms with Crippen LogP contribution in [0, 0.1) is 0 Å². The maximum Gasteiger partial charge on any atom is 0.335 e. The van der Waals surface area contributed by atoms with Crippen LogP contribution in [0.15, 0.2) is 54.6 Å². The number of aliphatic hydroxyl groups excluding tert-OH is 3. The molecular weight excluding hydrogens is 665 g/mol. The largest absolute Gasteiger partial charge is 0.479 e. The second-order valence-corrected chi connectivity index (χ2v) is 13.4. The molecule has 2 aliphatic rings. The minimum absolute atomic E-state index is 0.370. The van der Waals surface area contributed by atoms with Crippen LogP contribution in [-0.2, 0) is 14.3 Å². The van der Waals surface area contributed by atoms with Gasteiger partial charge in [0.15, 0.2) is 12.4 Å². The maximum absolute atomic E-state index is 11.9. The molecule has 0 amide bonds. The van der Waals surface area contributed by atoms with Crippen LogP contribution in [0.4, 0.5) is 0 Å². The van der Waals surface area contributed by atoms with Gasteiger partial charge in [-0.25, -0.2) is 4.79 Å². The Hall–Kier alpha value is -2.50. The number of benzene rings is 3. The Morgan fingerprint density at radius 1 is 0.851 bits per heavy atom. The normalized spacial score (nSPS) is 23.6. The smallest absolute Gasteiger partial charge is 0.335 e. The van der Waals surface area contributed by atoms with Crippen LogP contribution in [0.3, 0.4) is 0 Å². The number of carboxylic acids is 1. The Bertz CT molecular complexity index is 1590. The number of unbranched alkanes of at least 4 members (excludes halogenated alkanes) is 2.